The summed E-state index contributed by atoms with van der Waals surface area (Å²) in [6, 6.07) is 13.0. The Kier molecular flexibility index (Phi) is 8.38. The van der Waals surface area contributed by atoms with Crippen molar-refractivity contribution in [2.24, 2.45) is 5.92 Å². The minimum atomic E-state index is -0.756. The standard InChI is InChI=1S/C23H22ClN5O3.Na.H/c1-32-20-5-3-15(11-18(20)24)13-26-21-17-10-14(12-25)2-4-19(17)27-23(28-21)29-8-6-16(7-9-29)22(30)31;;/h2-5,10-11,16H,6-9,13H2,1H3,(H,30,31)(H,26,27,28);;/q;+1;-1. The summed E-state index contributed by atoms with van der Waals surface area (Å²) in [5.74, 6) is 0.667. The van der Waals surface area contributed by atoms with E-state index in [0.29, 0.717) is 66.1 Å². The van der Waals surface area contributed by atoms with Gasteiger partial charge in [0.1, 0.15) is 11.6 Å². The van der Waals surface area contributed by atoms with Gasteiger partial charge < -0.3 is 21.5 Å². The molecule has 33 heavy (non-hydrogen) atoms. The van der Waals surface area contributed by atoms with E-state index in [1.807, 2.05) is 23.1 Å². The number of aromatic nitrogens is 2. The topological polar surface area (TPSA) is 111 Å². The normalized spacial score (nSPS) is 13.8. The van der Waals surface area contributed by atoms with Gasteiger partial charge >= 0.3 is 35.5 Å². The molecule has 0 radical (unpaired) electrons. The number of anilines is 2. The van der Waals surface area contributed by atoms with Crippen LogP contribution in [-0.4, -0.2) is 41.2 Å². The number of hydrogen-bond donors (Lipinski definition) is 2. The molecule has 0 atom stereocenters. The van der Waals surface area contributed by atoms with Gasteiger partial charge in [-0.25, -0.2) is 4.98 Å². The average molecular weight is 476 g/mol. The van der Waals surface area contributed by atoms with Crippen LogP contribution in [0.4, 0.5) is 11.8 Å². The Morgan fingerprint density at radius 3 is 2.70 bits per heavy atom. The van der Waals surface area contributed by atoms with Gasteiger partial charge in [-0.1, -0.05) is 17.7 Å². The maximum atomic E-state index is 11.3. The summed E-state index contributed by atoms with van der Waals surface area (Å²) in [6.45, 7) is 1.62. The number of fused-ring (bicyclic) bond motifs is 1. The van der Waals surface area contributed by atoms with E-state index in [9.17, 15) is 15.2 Å². The van der Waals surface area contributed by atoms with E-state index >= 15 is 0 Å². The zero-order valence-electron chi connectivity index (χ0n) is 19.5. The van der Waals surface area contributed by atoms with Crippen LogP contribution in [0.15, 0.2) is 36.4 Å². The van der Waals surface area contributed by atoms with Crippen molar-refractivity contribution < 1.29 is 45.6 Å². The molecule has 0 bridgehead atoms. The summed E-state index contributed by atoms with van der Waals surface area (Å²) in [6.07, 6.45) is 1.11. The summed E-state index contributed by atoms with van der Waals surface area (Å²) in [7, 11) is 1.57. The number of halogens is 1. The van der Waals surface area contributed by atoms with Gasteiger partial charge in [-0.05, 0) is 48.7 Å². The molecule has 1 saturated heterocycles. The summed E-state index contributed by atoms with van der Waals surface area (Å²) in [5, 5.41) is 23.2. The Labute approximate surface area is 220 Å². The van der Waals surface area contributed by atoms with Crippen LogP contribution < -0.4 is 44.5 Å². The molecule has 4 rings (SSSR count). The van der Waals surface area contributed by atoms with E-state index in [1.54, 1.807) is 25.3 Å². The summed E-state index contributed by atoms with van der Waals surface area (Å²) < 4.78 is 5.21. The molecule has 0 amide bonds. The number of ether oxygens (including phenoxy) is 1. The first kappa shape index (κ1) is 25.1. The van der Waals surface area contributed by atoms with Crippen LogP contribution in [0.5, 0.6) is 5.75 Å². The van der Waals surface area contributed by atoms with Crippen LogP contribution in [0, 0.1) is 17.2 Å². The Morgan fingerprint density at radius 2 is 2.06 bits per heavy atom. The molecule has 8 nitrogen and oxygen atoms in total. The molecule has 1 aliphatic heterocycles. The minimum Gasteiger partial charge on any atom is -1.00 e. The maximum absolute atomic E-state index is 11.3. The number of nitriles is 1. The summed E-state index contributed by atoms with van der Waals surface area (Å²) >= 11 is 6.24. The zero-order chi connectivity index (χ0) is 22.7. The predicted molar refractivity (Wildman–Crippen MR) is 123 cm³/mol. The molecule has 2 heterocycles. The third-order valence-electron chi connectivity index (χ3n) is 5.62. The number of rotatable bonds is 6. The second-order valence-electron chi connectivity index (χ2n) is 7.64. The minimum absolute atomic E-state index is 0. The Balaban J connectivity index is 0.00000204. The van der Waals surface area contributed by atoms with Crippen molar-refractivity contribution in [2.45, 2.75) is 19.4 Å². The number of nitrogens with one attached hydrogen (secondary N) is 1. The van der Waals surface area contributed by atoms with Crippen molar-refractivity contribution >= 4 is 40.2 Å². The molecule has 1 aliphatic rings. The van der Waals surface area contributed by atoms with Crippen LogP contribution in [0.3, 0.4) is 0 Å². The molecule has 166 valence electrons. The van der Waals surface area contributed by atoms with E-state index in [-0.39, 0.29) is 36.9 Å². The molecule has 3 aromatic rings. The van der Waals surface area contributed by atoms with Crippen LogP contribution in [-0.2, 0) is 11.3 Å². The fourth-order valence-electron chi connectivity index (χ4n) is 3.79. The first-order valence-corrected chi connectivity index (χ1v) is 10.6. The summed E-state index contributed by atoms with van der Waals surface area (Å²) in [4.78, 5) is 22.7. The van der Waals surface area contributed by atoms with Crippen molar-refractivity contribution in [3.05, 3.63) is 52.5 Å². The molecule has 0 unspecified atom stereocenters. The Bertz CT molecular complexity index is 1220. The van der Waals surface area contributed by atoms with E-state index in [4.69, 9.17) is 21.3 Å². The number of piperidine rings is 1. The van der Waals surface area contributed by atoms with Crippen molar-refractivity contribution in [2.75, 3.05) is 30.4 Å². The fourth-order valence-corrected chi connectivity index (χ4v) is 4.07. The molecule has 0 saturated carbocycles. The number of nitrogens with zero attached hydrogens (tertiary/aromatic N) is 4. The molecular formula is C23H23ClN5NaO3. The van der Waals surface area contributed by atoms with Crippen LogP contribution >= 0.6 is 11.6 Å². The van der Waals surface area contributed by atoms with Gasteiger partial charge in [-0.2, -0.15) is 10.2 Å². The van der Waals surface area contributed by atoms with Gasteiger partial charge in [-0.15, -0.1) is 0 Å². The largest absolute Gasteiger partial charge is 1.00 e. The van der Waals surface area contributed by atoms with E-state index < -0.39 is 5.97 Å². The molecule has 2 aromatic carbocycles. The van der Waals surface area contributed by atoms with Gasteiger partial charge in [0.25, 0.3) is 0 Å². The molecule has 1 fully saturated rings. The number of aliphatic carboxylic acids is 1. The second-order valence-corrected chi connectivity index (χ2v) is 8.05. The first-order chi connectivity index (χ1) is 15.5. The molecule has 0 aliphatic carbocycles. The SMILES string of the molecule is COc1ccc(CNc2nc(N3CCC(C(=O)O)CC3)nc3ccc(C#N)cc23)cc1Cl.[H-].[Na+]. The van der Waals surface area contributed by atoms with Gasteiger partial charge in [0.2, 0.25) is 5.95 Å². The molecule has 0 spiro atoms. The predicted octanol–water partition coefficient (Wildman–Crippen LogP) is 1.19. The quantitative estimate of drug-likeness (QED) is 0.511. The zero-order valence-corrected chi connectivity index (χ0v) is 21.3. The fraction of sp³-hybridized carbons (Fsp3) is 0.304. The Hall–Kier alpha value is -2.57. The van der Waals surface area contributed by atoms with Crippen molar-refractivity contribution in [1.82, 2.24) is 9.97 Å². The number of carboxylic acids is 1. The number of benzene rings is 2. The van der Waals surface area contributed by atoms with Crippen molar-refractivity contribution in [3.63, 3.8) is 0 Å². The van der Waals surface area contributed by atoms with Crippen LogP contribution in [0.2, 0.25) is 5.02 Å². The number of hydrogen-bond acceptors (Lipinski definition) is 7. The molecular weight excluding hydrogens is 453 g/mol. The maximum Gasteiger partial charge on any atom is 1.00 e. The van der Waals surface area contributed by atoms with Gasteiger partial charge in [0, 0.05) is 25.0 Å². The first-order valence-electron chi connectivity index (χ1n) is 10.2. The molecule has 1 aromatic heterocycles. The second kappa shape index (κ2) is 11.0. The van der Waals surface area contributed by atoms with E-state index in [2.05, 4.69) is 16.4 Å². The van der Waals surface area contributed by atoms with Crippen LogP contribution in [0.25, 0.3) is 10.9 Å². The van der Waals surface area contributed by atoms with Crippen LogP contribution in [0.1, 0.15) is 25.4 Å². The van der Waals surface area contributed by atoms with Gasteiger partial charge in [0.05, 0.1) is 35.2 Å². The van der Waals surface area contributed by atoms with E-state index in [1.165, 1.54) is 0 Å². The third-order valence-corrected chi connectivity index (χ3v) is 5.91. The smallest absolute Gasteiger partial charge is 1.00 e. The summed E-state index contributed by atoms with van der Waals surface area (Å²) in [5.41, 5.74) is 2.18. The number of carbonyl (C=O) groups is 1. The van der Waals surface area contributed by atoms with Gasteiger partial charge in [0.15, 0.2) is 0 Å². The Morgan fingerprint density at radius 1 is 1.30 bits per heavy atom. The van der Waals surface area contributed by atoms with E-state index in [0.717, 1.165) is 10.9 Å². The van der Waals surface area contributed by atoms with Crippen molar-refractivity contribution in [1.29, 1.82) is 5.26 Å². The third kappa shape index (κ3) is 5.68. The average Bonchev–Trinajstić information content (AvgIpc) is 2.82. The number of methoxy groups -OCH3 is 1. The molecule has 2 N–H and O–H groups in total. The monoisotopic (exact) mass is 475 g/mol. The van der Waals surface area contributed by atoms with Crippen molar-refractivity contribution in [3.8, 4) is 11.8 Å². The molecule has 10 heteroatoms. The number of carboxylic acid groups (broad SMARTS) is 1. The van der Waals surface area contributed by atoms with Gasteiger partial charge in [-0.3, -0.25) is 4.79 Å².